The number of aryl methyl sites for hydroxylation is 1. The lowest BCUT2D eigenvalue weighted by molar-refractivity contribution is 0.102. The number of benzene rings is 1. The Morgan fingerprint density at radius 2 is 1.95 bits per heavy atom. The predicted molar refractivity (Wildman–Crippen MR) is 89.5 cm³/mol. The van der Waals surface area contributed by atoms with Crippen LogP contribution in [-0.2, 0) is 0 Å². The highest BCUT2D eigenvalue weighted by molar-refractivity contribution is 7.15. The molecule has 3 aromatic rings. The van der Waals surface area contributed by atoms with Crippen molar-refractivity contribution in [3.05, 3.63) is 64.4 Å². The molecular formula is C16H12ClN3OS. The minimum absolute atomic E-state index is 0.280. The van der Waals surface area contributed by atoms with E-state index in [2.05, 4.69) is 15.3 Å². The van der Waals surface area contributed by atoms with Crippen LogP contribution in [0.4, 0.5) is 5.82 Å². The average molecular weight is 330 g/mol. The topological polar surface area (TPSA) is 54.9 Å². The molecule has 2 heterocycles. The van der Waals surface area contributed by atoms with Crippen molar-refractivity contribution < 1.29 is 4.79 Å². The highest BCUT2D eigenvalue weighted by Gasteiger charge is 2.18. The summed E-state index contributed by atoms with van der Waals surface area (Å²) in [4.78, 5) is 21.7. The van der Waals surface area contributed by atoms with E-state index in [0.29, 0.717) is 16.5 Å². The van der Waals surface area contributed by atoms with Gasteiger partial charge in [-0.05, 0) is 24.6 Å². The smallest absolute Gasteiger partial charge is 0.276 e. The number of nitrogens with one attached hydrogen (secondary N) is 1. The monoisotopic (exact) mass is 329 g/mol. The van der Waals surface area contributed by atoms with Crippen molar-refractivity contribution in [2.24, 2.45) is 0 Å². The van der Waals surface area contributed by atoms with Crippen molar-refractivity contribution in [2.45, 2.75) is 6.92 Å². The first-order valence-electron chi connectivity index (χ1n) is 6.59. The Kier molecular flexibility index (Phi) is 4.18. The first-order chi connectivity index (χ1) is 10.6. The molecule has 0 bridgehead atoms. The van der Waals surface area contributed by atoms with Crippen molar-refractivity contribution in [2.75, 3.05) is 5.32 Å². The van der Waals surface area contributed by atoms with Crippen LogP contribution in [0.15, 0.2) is 48.7 Å². The van der Waals surface area contributed by atoms with Crippen LogP contribution in [0.1, 0.15) is 15.5 Å². The van der Waals surface area contributed by atoms with Crippen LogP contribution < -0.4 is 5.32 Å². The van der Waals surface area contributed by atoms with Gasteiger partial charge in [0.15, 0.2) is 0 Å². The summed E-state index contributed by atoms with van der Waals surface area (Å²) in [5.41, 5.74) is 1.38. The van der Waals surface area contributed by atoms with Crippen LogP contribution in [0, 0.1) is 6.92 Å². The van der Waals surface area contributed by atoms with Crippen LogP contribution in [0.5, 0.6) is 0 Å². The van der Waals surface area contributed by atoms with Gasteiger partial charge in [0, 0.05) is 6.20 Å². The van der Waals surface area contributed by atoms with Crippen molar-refractivity contribution in [1.29, 1.82) is 0 Å². The number of aromatic nitrogens is 2. The molecule has 0 aliphatic heterocycles. The third-order valence-corrected chi connectivity index (χ3v) is 4.20. The molecule has 1 amide bonds. The molecule has 0 aliphatic carbocycles. The maximum absolute atomic E-state index is 12.5. The summed E-state index contributed by atoms with van der Waals surface area (Å²) in [6.45, 7) is 1.88. The van der Waals surface area contributed by atoms with Gasteiger partial charge in [-0.3, -0.25) is 4.79 Å². The molecule has 1 N–H and O–H groups in total. The lowest BCUT2D eigenvalue weighted by atomic mass is 10.1. The van der Waals surface area contributed by atoms with Gasteiger partial charge >= 0.3 is 0 Å². The van der Waals surface area contributed by atoms with Crippen LogP contribution >= 0.6 is 22.9 Å². The normalized spacial score (nSPS) is 10.5. The minimum atomic E-state index is -0.280. The lowest BCUT2D eigenvalue weighted by Crippen LogP contribution is -2.14. The number of rotatable bonds is 3. The number of hydrogen-bond acceptors (Lipinski definition) is 4. The molecule has 0 unspecified atom stereocenters. The number of carbonyl (C=O) groups excluding carboxylic acids is 1. The number of hydrogen-bond donors (Lipinski definition) is 1. The van der Waals surface area contributed by atoms with Crippen LogP contribution in [-0.4, -0.2) is 15.9 Å². The molecule has 0 saturated heterocycles. The summed E-state index contributed by atoms with van der Waals surface area (Å²) < 4.78 is 0. The number of anilines is 1. The first kappa shape index (κ1) is 14.7. The Labute approximate surface area is 136 Å². The summed E-state index contributed by atoms with van der Waals surface area (Å²) in [6, 6.07) is 13.1. The van der Waals surface area contributed by atoms with Gasteiger partial charge in [-0.2, -0.15) is 0 Å². The van der Waals surface area contributed by atoms with Crippen molar-refractivity contribution in [1.82, 2.24) is 9.97 Å². The second-order valence-corrected chi connectivity index (χ2v) is 6.23. The number of amides is 1. The number of carbonyl (C=O) groups is 1. The van der Waals surface area contributed by atoms with Gasteiger partial charge in [0.2, 0.25) is 0 Å². The maximum Gasteiger partial charge on any atom is 0.276 e. The Morgan fingerprint density at radius 1 is 1.18 bits per heavy atom. The Bertz CT molecular complexity index is 800. The summed E-state index contributed by atoms with van der Waals surface area (Å²) in [5, 5.41) is 4.11. The standard InChI is InChI=1S/C16H12ClN3OS/c1-10-19-14(15(22-10)11-5-3-2-4-6-11)16(21)20-13-8-7-12(17)9-18-13/h2-9H,1H3,(H,18,20,21). The van der Waals surface area contributed by atoms with Gasteiger partial charge in [-0.1, -0.05) is 41.9 Å². The zero-order chi connectivity index (χ0) is 15.5. The molecule has 110 valence electrons. The summed E-state index contributed by atoms with van der Waals surface area (Å²) >= 11 is 7.28. The summed E-state index contributed by atoms with van der Waals surface area (Å²) in [6.07, 6.45) is 1.49. The number of nitrogens with zero attached hydrogens (tertiary/aromatic N) is 2. The van der Waals surface area contributed by atoms with Gasteiger partial charge in [-0.15, -0.1) is 11.3 Å². The third-order valence-electron chi connectivity index (χ3n) is 2.95. The number of pyridine rings is 1. The van der Waals surface area contributed by atoms with Crippen molar-refractivity contribution in [3.8, 4) is 10.4 Å². The van der Waals surface area contributed by atoms with Crippen LogP contribution in [0.3, 0.4) is 0 Å². The molecule has 0 spiro atoms. The van der Waals surface area contributed by atoms with E-state index in [1.165, 1.54) is 17.5 Å². The molecule has 0 saturated carbocycles. The maximum atomic E-state index is 12.5. The second kappa shape index (κ2) is 6.25. The summed E-state index contributed by atoms with van der Waals surface area (Å²) in [7, 11) is 0. The molecule has 0 fully saturated rings. The highest BCUT2D eigenvalue weighted by Crippen LogP contribution is 2.30. The Balaban J connectivity index is 1.91. The fraction of sp³-hybridized carbons (Fsp3) is 0.0625. The predicted octanol–water partition coefficient (Wildman–Crippen LogP) is 4.42. The van der Waals surface area contributed by atoms with E-state index in [4.69, 9.17) is 11.6 Å². The first-order valence-corrected chi connectivity index (χ1v) is 7.78. The Hall–Kier alpha value is -2.24. The third kappa shape index (κ3) is 3.16. The van der Waals surface area contributed by atoms with E-state index in [9.17, 15) is 4.79 Å². The zero-order valence-electron chi connectivity index (χ0n) is 11.7. The zero-order valence-corrected chi connectivity index (χ0v) is 13.3. The SMILES string of the molecule is Cc1nc(C(=O)Nc2ccc(Cl)cn2)c(-c2ccccc2)s1. The number of halogens is 1. The van der Waals surface area contributed by atoms with E-state index in [1.54, 1.807) is 12.1 Å². The fourth-order valence-corrected chi connectivity index (χ4v) is 3.02. The molecular weight excluding hydrogens is 318 g/mol. The molecule has 1 aromatic carbocycles. The molecule has 0 atom stereocenters. The number of thiazole rings is 1. The van der Waals surface area contributed by atoms with Gasteiger partial charge < -0.3 is 5.32 Å². The van der Waals surface area contributed by atoms with Crippen LogP contribution in [0.2, 0.25) is 5.02 Å². The second-order valence-electron chi connectivity index (χ2n) is 4.59. The van der Waals surface area contributed by atoms with E-state index in [0.717, 1.165) is 15.4 Å². The molecule has 0 radical (unpaired) electrons. The molecule has 2 aromatic heterocycles. The fourth-order valence-electron chi connectivity index (χ4n) is 1.99. The van der Waals surface area contributed by atoms with E-state index < -0.39 is 0 Å². The highest BCUT2D eigenvalue weighted by atomic mass is 35.5. The Morgan fingerprint density at radius 3 is 2.64 bits per heavy atom. The van der Waals surface area contributed by atoms with Crippen LogP contribution in [0.25, 0.3) is 10.4 Å². The molecule has 22 heavy (non-hydrogen) atoms. The summed E-state index contributed by atoms with van der Waals surface area (Å²) in [5.74, 6) is 0.164. The van der Waals surface area contributed by atoms with Crippen molar-refractivity contribution >= 4 is 34.7 Å². The largest absolute Gasteiger partial charge is 0.305 e. The van der Waals surface area contributed by atoms with Gasteiger partial charge in [0.25, 0.3) is 5.91 Å². The van der Waals surface area contributed by atoms with E-state index >= 15 is 0 Å². The van der Waals surface area contributed by atoms with E-state index in [-0.39, 0.29) is 5.91 Å². The van der Waals surface area contributed by atoms with E-state index in [1.807, 2.05) is 37.3 Å². The molecule has 4 nitrogen and oxygen atoms in total. The lowest BCUT2D eigenvalue weighted by Gasteiger charge is -2.04. The average Bonchev–Trinajstić information content (AvgIpc) is 2.92. The molecule has 0 aliphatic rings. The minimum Gasteiger partial charge on any atom is -0.305 e. The van der Waals surface area contributed by atoms with Crippen molar-refractivity contribution in [3.63, 3.8) is 0 Å². The molecule has 3 rings (SSSR count). The quantitative estimate of drug-likeness (QED) is 0.774. The van der Waals surface area contributed by atoms with Gasteiger partial charge in [-0.25, -0.2) is 9.97 Å². The van der Waals surface area contributed by atoms with Gasteiger partial charge in [0.1, 0.15) is 11.5 Å². The molecule has 6 heteroatoms. The van der Waals surface area contributed by atoms with Gasteiger partial charge in [0.05, 0.1) is 14.9 Å².